The fourth-order valence-corrected chi connectivity index (χ4v) is 3.03. The summed E-state index contributed by atoms with van der Waals surface area (Å²) in [5, 5.41) is 6.74. The number of aromatic nitrogens is 3. The molecule has 0 radical (unpaired) electrons. The zero-order chi connectivity index (χ0) is 20.5. The lowest BCUT2D eigenvalue weighted by atomic mass is 10.0. The van der Waals surface area contributed by atoms with E-state index in [0.29, 0.717) is 6.54 Å². The molecule has 1 atom stereocenters. The van der Waals surface area contributed by atoms with Gasteiger partial charge in [-0.3, -0.25) is 9.20 Å². The Hall–Kier alpha value is -2.94. The van der Waals surface area contributed by atoms with Crippen LogP contribution in [0.2, 0.25) is 0 Å². The molecule has 0 saturated carbocycles. The maximum absolute atomic E-state index is 13.0. The van der Waals surface area contributed by atoms with Crippen LogP contribution in [0.3, 0.4) is 0 Å². The Kier molecular flexibility index (Phi) is 5.37. The van der Waals surface area contributed by atoms with Gasteiger partial charge in [-0.1, -0.05) is 30.3 Å². The minimum atomic E-state index is -4.62. The van der Waals surface area contributed by atoms with Crippen molar-refractivity contribution < 1.29 is 18.0 Å². The first-order chi connectivity index (χ1) is 13.2. The number of alkyl halides is 3. The van der Waals surface area contributed by atoms with Gasteiger partial charge in [-0.25, -0.2) is 0 Å². The van der Waals surface area contributed by atoms with Crippen LogP contribution in [-0.2, 0) is 6.18 Å². The number of hydrogen-bond acceptors (Lipinski definition) is 4. The van der Waals surface area contributed by atoms with Gasteiger partial charge in [0, 0.05) is 25.4 Å². The summed E-state index contributed by atoms with van der Waals surface area (Å²) in [6.45, 7) is 0.595. The minimum Gasteiger partial charge on any atom is -0.333 e. The average molecular weight is 391 g/mol. The third-order valence-corrected chi connectivity index (χ3v) is 4.42. The maximum atomic E-state index is 13.0. The highest BCUT2D eigenvalue weighted by Gasteiger charge is 2.37. The number of halogens is 3. The molecule has 0 aliphatic carbocycles. The number of benzene rings is 1. The number of likely N-dealkylation sites (N-methyl/N-ethyl adjacent to an activating group) is 2. The van der Waals surface area contributed by atoms with Crippen molar-refractivity contribution in [3.63, 3.8) is 0 Å². The summed E-state index contributed by atoms with van der Waals surface area (Å²) >= 11 is 0. The van der Waals surface area contributed by atoms with Crippen molar-refractivity contribution in [3.05, 3.63) is 65.6 Å². The molecule has 6 nitrogen and oxygen atoms in total. The van der Waals surface area contributed by atoms with E-state index in [9.17, 15) is 18.0 Å². The van der Waals surface area contributed by atoms with Crippen molar-refractivity contribution in [2.45, 2.75) is 12.2 Å². The van der Waals surface area contributed by atoms with Crippen molar-refractivity contribution >= 4 is 11.6 Å². The van der Waals surface area contributed by atoms with Gasteiger partial charge in [0.25, 0.3) is 5.91 Å². The molecule has 0 aliphatic rings. The number of pyridine rings is 1. The molecule has 2 aromatic heterocycles. The predicted octanol–water partition coefficient (Wildman–Crippen LogP) is 3.12. The summed E-state index contributed by atoms with van der Waals surface area (Å²) in [4.78, 5) is 16.6. The van der Waals surface area contributed by atoms with E-state index in [0.717, 1.165) is 9.96 Å². The first-order valence-corrected chi connectivity index (χ1v) is 8.57. The van der Waals surface area contributed by atoms with Crippen LogP contribution in [-0.4, -0.2) is 58.0 Å². The number of rotatable bonds is 5. The van der Waals surface area contributed by atoms with Gasteiger partial charge in [-0.05, 0) is 31.8 Å². The van der Waals surface area contributed by atoms with Crippen molar-refractivity contribution in [2.24, 2.45) is 0 Å². The molecule has 0 bridgehead atoms. The Balaban J connectivity index is 1.93. The fourth-order valence-electron chi connectivity index (χ4n) is 3.03. The molecule has 0 aliphatic heterocycles. The van der Waals surface area contributed by atoms with Crippen LogP contribution in [0, 0.1) is 0 Å². The highest BCUT2D eigenvalue weighted by atomic mass is 19.4. The molecule has 3 rings (SSSR count). The van der Waals surface area contributed by atoms with E-state index in [-0.39, 0.29) is 23.2 Å². The first kappa shape index (κ1) is 19.8. The van der Waals surface area contributed by atoms with Crippen LogP contribution >= 0.6 is 0 Å². The Labute approximate surface area is 160 Å². The average Bonchev–Trinajstić information content (AvgIpc) is 3.09. The molecular weight excluding hydrogens is 371 g/mol. The van der Waals surface area contributed by atoms with Gasteiger partial charge in [0.15, 0.2) is 5.65 Å². The van der Waals surface area contributed by atoms with E-state index in [1.807, 2.05) is 49.3 Å². The van der Waals surface area contributed by atoms with Crippen molar-refractivity contribution in [1.29, 1.82) is 0 Å². The van der Waals surface area contributed by atoms with E-state index in [4.69, 9.17) is 0 Å². The third-order valence-electron chi connectivity index (χ3n) is 4.42. The van der Waals surface area contributed by atoms with Crippen molar-refractivity contribution in [1.82, 2.24) is 24.4 Å². The minimum absolute atomic E-state index is 0.0320. The second-order valence-electron chi connectivity index (χ2n) is 6.77. The zero-order valence-electron chi connectivity index (χ0n) is 15.7. The van der Waals surface area contributed by atoms with E-state index in [2.05, 4.69) is 10.2 Å². The number of carbonyl (C=O) groups is 1. The number of nitrogens with zero attached hydrogens (tertiary/aromatic N) is 5. The van der Waals surface area contributed by atoms with E-state index in [1.54, 1.807) is 11.9 Å². The SMILES string of the molecule is CN(C)CC(c1ccccc1)N(C)C(=O)c1ccn2c(C(F)(F)F)nnc2c1. The summed E-state index contributed by atoms with van der Waals surface area (Å²) in [5.41, 5.74) is 1.18. The Morgan fingerprint density at radius 1 is 1.11 bits per heavy atom. The molecule has 1 amide bonds. The quantitative estimate of drug-likeness (QED) is 0.671. The van der Waals surface area contributed by atoms with Gasteiger partial charge in [-0.15, -0.1) is 10.2 Å². The summed E-state index contributed by atoms with van der Waals surface area (Å²) < 4.78 is 39.7. The Morgan fingerprint density at radius 3 is 2.39 bits per heavy atom. The van der Waals surface area contributed by atoms with E-state index < -0.39 is 12.0 Å². The monoisotopic (exact) mass is 391 g/mol. The smallest absolute Gasteiger partial charge is 0.333 e. The predicted molar refractivity (Wildman–Crippen MR) is 97.8 cm³/mol. The molecule has 9 heteroatoms. The molecule has 0 spiro atoms. The second-order valence-corrected chi connectivity index (χ2v) is 6.77. The fraction of sp³-hybridized carbons (Fsp3) is 0.316. The number of amides is 1. The Morgan fingerprint density at radius 2 is 1.79 bits per heavy atom. The molecular formula is C19H20F3N5O. The van der Waals surface area contributed by atoms with Gasteiger partial charge in [0.1, 0.15) is 0 Å². The van der Waals surface area contributed by atoms with Gasteiger partial charge in [-0.2, -0.15) is 13.2 Å². The summed E-state index contributed by atoms with van der Waals surface area (Å²) in [6, 6.07) is 12.0. The molecule has 0 saturated heterocycles. The maximum Gasteiger partial charge on any atom is 0.452 e. The van der Waals surface area contributed by atoms with Gasteiger partial charge in [0.2, 0.25) is 5.82 Å². The van der Waals surface area contributed by atoms with Crippen LogP contribution in [0.15, 0.2) is 48.7 Å². The largest absolute Gasteiger partial charge is 0.452 e. The lowest BCUT2D eigenvalue weighted by Gasteiger charge is -2.31. The summed E-state index contributed by atoms with van der Waals surface area (Å²) in [5.74, 6) is -1.43. The number of fused-ring (bicyclic) bond motifs is 1. The van der Waals surface area contributed by atoms with Gasteiger partial charge < -0.3 is 9.80 Å². The topological polar surface area (TPSA) is 53.7 Å². The van der Waals surface area contributed by atoms with E-state index in [1.165, 1.54) is 18.3 Å². The lowest BCUT2D eigenvalue weighted by Crippen LogP contribution is -2.37. The van der Waals surface area contributed by atoms with Crippen LogP contribution in [0.4, 0.5) is 13.2 Å². The standard InChI is InChI=1S/C19H20F3N5O/c1-25(2)12-15(13-7-5-4-6-8-13)26(3)17(28)14-9-10-27-16(11-14)23-24-18(27)19(20,21)22/h4-11,15H,12H2,1-3H3. The Bertz CT molecular complexity index is 969. The third kappa shape index (κ3) is 3.99. The normalized spacial score (nSPS) is 13.1. The van der Waals surface area contributed by atoms with E-state index >= 15 is 0 Å². The first-order valence-electron chi connectivity index (χ1n) is 8.57. The van der Waals surface area contributed by atoms with Gasteiger partial charge in [0.05, 0.1) is 6.04 Å². The molecule has 1 aromatic carbocycles. The molecule has 0 N–H and O–H groups in total. The van der Waals surface area contributed by atoms with Crippen molar-refractivity contribution in [2.75, 3.05) is 27.7 Å². The van der Waals surface area contributed by atoms with Crippen LogP contribution < -0.4 is 0 Å². The lowest BCUT2D eigenvalue weighted by molar-refractivity contribution is -0.145. The second kappa shape index (κ2) is 7.59. The van der Waals surface area contributed by atoms with Crippen LogP contribution in [0.5, 0.6) is 0 Å². The van der Waals surface area contributed by atoms with Gasteiger partial charge >= 0.3 is 6.18 Å². The highest BCUT2D eigenvalue weighted by Crippen LogP contribution is 2.28. The number of carbonyl (C=O) groups excluding carboxylic acids is 1. The summed E-state index contributed by atoms with van der Waals surface area (Å²) in [6.07, 6.45) is -3.45. The molecule has 148 valence electrons. The van der Waals surface area contributed by atoms with Crippen LogP contribution in [0.25, 0.3) is 5.65 Å². The zero-order valence-corrected chi connectivity index (χ0v) is 15.7. The highest BCUT2D eigenvalue weighted by molar-refractivity contribution is 5.95. The molecule has 1 unspecified atom stereocenters. The van der Waals surface area contributed by atoms with Crippen LogP contribution in [0.1, 0.15) is 27.8 Å². The van der Waals surface area contributed by atoms with Crippen molar-refractivity contribution in [3.8, 4) is 0 Å². The molecule has 28 heavy (non-hydrogen) atoms. The number of hydrogen-bond donors (Lipinski definition) is 0. The molecule has 3 aromatic rings. The molecule has 0 fully saturated rings. The summed E-state index contributed by atoms with van der Waals surface area (Å²) in [7, 11) is 5.50. The molecule has 2 heterocycles.